The number of carbonyl (C=O) groups excluding carboxylic acids is 1. The van der Waals surface area contributed by atoms with Crippen molar-refractivity contribution in [2.75, 3.05) is 47.0 Å². The van der Waals surface area contributed by atoms with Crippen LogP contribution in [-0.2, 0) is 20.7 Å². The summed E-state index contributed by atoms with van der Waals surface area (Å²) in [6.45, 7) is 3.81. The summed E-state index contributed by atoms with van der Waals surface area (Å²) in [7, 11) is 3.78. The number of ether oxygens (including phenoxy) is 2. The van der Waals surface area contributed by atoms with E-state index in [1.54, 1.807) is 7.11 Å². The van der Waals surface area contributed by atoms with Gasteiger partial charge in [0.15, 0.2) is 0 Å². The molecule has 1 aromatic rings. The molecule has 2 fully saturated rings. The molecule has 138 valence electrons. The van der Waals surface area contributed by atoms with Gasteiger partial charge in [-0.25, -0.2) is 0 Å². The second-order valence-corrected chi connectivity index (χ2v) is 6.43. The number of fused-ring (bicyclic) bond motifs is 3. The van der Waals surface area contributed by atoms with Gasteiger partial charge < -0.3 is 19.5 Å². The first-order valence-corrected chi connectivity index (χ1v) is 8.34. The molecule has 0 aromatic heterocycles. The van der Waals surface area contributed by atoms with E-state index >= 15 is 0 Å². The van der Waals surface area contributed by atoms with Crippen LogP contribution in [-0.4, -0.2) is 80.3 Å². The molecule has 0 aliphatic carbocycles. The average Bonchev–Trinajstić information content (AvgIpc) is 2.85. The fourth-order valence-corrected chi connectivity index (χ4v) is 3.28. The summed E-state index contributed by atoms with van der Waals surface area (Å²) in [6.07, 6.45) is 0.452. The van der Waals surface area contributed by atoms with Crippen molar-refractivity contribution in [1.82, 2.24) is 9.80 Å². The van der Waals surface area contributed by atoms with Crippen molar-refractivity contribution in [2.45, 2.75) is 12.5 Å². The lowest BCUT2D eigenvalue weighted by Gasteiger charge is -2.29. The van der Waals surface area contributed by atoms with E-state index in [2.05, 4.69) is 11.9 Å². The van der Waals surface area contributed by atoms with Gasteiger partial charge >= 0.3 is 0 Å². The Kier molecular flexibility index (Phi) is 7.21. The number of methoxy groups -OCH3 is 1. The van der Waals surface area contributed by atoms with Crippen molar-refractivity contribution in [3.63, 3.8) is 0 Å². The van der Waals surface area contributed by atoms with Crippen LogP contribution in [0.3, 0.4) is 0 Å². The number of hydrogen-bond donors (Lipinski definition) is 1. The van der Waals surface area contributed by atoms with E-state index in [1.165, 1.54) is 0 Å². The maximum Gasteiger partial charge on any atom is 0.290 e. The van der Waals surface area contributed by atoms with E-state index < -0.39 is 0 Å². The molecule has 2 atom stereocenters. The summed E-state index contributed by atoms with van der Waals surface area (Å²) in [4.78, 5) is 25.4. The third kappa shape index (κ3) is 5.44. The van der Waals surface area contributed by atoms with Crippen molar-refractivity contribution >= 4 is 12.4 Å². The SMILES string of the molecule is COc1ccc(CC(=O)N2C[C@@H]3COC[C@H](C2)N(C)C3)cc1.O=CO. The Hall–Kier alpha value is -2.12. The largest absolute Gasteiger partial charge is 0.497 e. The van der Waals surface area contributed by atoms with Gasteiger partial charge in [0.1, 0.15) is 5.75 Å². The Labute approximate surface area is 148 Å². The molecule has 0 spiro atoms. The first-order valence-electron chi connectivity index (χ1n) is 8.34. The lowest BCUT2D eigenvalue weighted by Crippen LogP contribution is -2.45. The molecule has 2 aliphatic rings. The minimum Gasteiger partial charge on any atom is -0.497 e. The fraction of sp³-hybridized carbons (Fsp3) is 0.556. The van der Waals surface area contributed by atoms with Crippen LogP contribution < -0.4 is 4.74 Å². The molecule has 1 amide bonds. The van der Waals surface area contributed by atoms with Crippen molar-refractivity contribution in [3.8, 4) is 5.75 Å². The van der Waals surface area contributed by atoms with Gasteiger partial charge in [-0.2, -0.15) is 0 Å². The Morgan fingerprint density at radius 3 is 2.60 bits per heavy atom. The van der Waals surface area contributed by atoms with Crippen LogP contribution in [0.2, 0.25) is 0 Å². The van der Waals surface area contributed by atoms with E-state index in [0.29, 0.717) is 18.4 Å². The fourth-order valence-electron chi connectivity index (χ4n) is 3.28. The second kappa shape index (κ2) is 9.39. The molecule has 0 radical (unpaired) electrons. The molecule has 0 unspecified atom stereocenters. The van der Waals surface area contributed by atoms with Crippen LogP contribution in [0, 0.1) is 5.92 Å². The molecule has 2 saturated heterocycles. The summed E-state index contributed by atoms with van der Waals surface area (Å²) in [6, 6.07) is 8.05. The third-order valence-corrected chi connectivity index (χ3v) is 4.61. The highest BCUT2D eigenvalue weighted by Crippen LogP contribution is 2.19. The number of rotatable bonds is 3. The van der Waals surface area contributed by atoms with Crippen LogP contribution in [0.15, 0.2) is 24.3 Å². The van der Waals surface area contributed by atoms with Gasteiger partial charge in [-0.05, 0) is 24.7 Å². The van der Waals surface area contributed by atoms with Crippen LogP contribution in [0.4, 0.5) is 0 Å². The number of likely N-dealkylation sites (N-methyl/N-ethyl adjacent to an activating group) is 1. The number of hydrogen-bond acceptors (Lipinski definition) is 5. The first kappa shape index (κ1) is 19.2. The topological polar surface area (TPSA) is 79.3 Å². The summed E-state index contributed by atoms with van der Waals surface area (Å²) >= 11 is 0. The zero-order valence-corrected chi connectivity index (χ0v) is 14.8. The summed E-state index contributed by atoms with van der Waals surface area (Å²) in [5.41, 5.74) is 1.03. The highest BCUT2D eigenvalue weighted by molar-refractivity contribution is 5.79. The standard InChI is InChI=1S/C17H24N2O3.CH2O2/c1-18-8-14-9-19(10-15(18)12-22-11-14)17(20)7-13-3-5-16(21-2)6-4-13;2-1-3/h3-6,14-15H,7-12H2,1-2H3;1H,(H,2,3)/t14-,15+;/m1./s1. The minimum absolute atomic E-state index is 0.206. The predicted molar refractivity (Wildman–Crippen MR) is 92.7 cm³/mol. The van der Waals surface area contributed by atoms with Crippen molar-refractivity contribution in [2.24, 2.45) is 5.92 Å². The van der Waals surface area contributed by atoms with Crippen molar-refractivity contribution in [1.29, 1.82) is 0 Å². The van der Waals surface area contributed by atoms with E-state index in [4.69, 9.17) is 19.4 Å². The molecule has 1 N–H and O–H groups in total. The van der Waals surface area contributed by atoms with Gasteiger partial charge in [-0.15, -0.1) is 0 Å². The maximum atomic E-state index is 12.6. The number of carbonyl (C=O) groups is 2. The molecule has 7 heteroatoms. The van der Waals surface area contributed by atoms with Crippen LogP contribution in [0.1, 0.15) is 5.56 Å². The Balaban J connectivity index is 0.000000701. The normalized spacial score (nSPS) is 23.0. The lowest BCUT2D eigenvalue weighted by molar-refractivity contribution is -0.132. The zero-order chi connectivity index (χ0) is 18.2. The van der Waals surface area contributed by atoms with Gasteiger partial charge in [0, 0.05) is 25.6 Å². The molecule has 7 nitrogen and oxygen atoms in total. The van der Waals surface area contributed by atoms with Gasteiger partial charge in [-0.3, -0.25) is 14.5 Å². The van der Waals surface area contributed by atoms with Crippen molar-refractivity contribution < 1.29 is 24.2 Å². The second-order valence-electron chi connectivity index (χ2n) is 6.43. The number of amides is 1. The van der Waals surface area contributed by atoms with Gasteiger partial charge in [-0.1, -0.05) is 12.1 Å². The molecule has 25 heavy (non-hydrogen) atoms. The van der Waals surface area contributed by atoms with E-state index in [0.717, 1.165) is 44.2 Å². The van der Waals surface area contributed by atoms with Crippen LogP contribution in [0.25, 0.3) is 0 Å². The molecule has 2 bridgehead atoms. The highest BCUT2D eigenvalue weighted by Gasteiger charge is 2.33. The van der Waals surface area contributed by atoms with Crippen LogP contribution >= 0.6 is 0 Å². The molecule has 0 saturated carbocycles. The molecule has 2 heterocycles. The van der Waals surface area contributed by atoms with Gasteiger partial charge in [0.25, 0.3) is 6.47 Å². The first-order chi connectivity index (χ1) is 12.1. The molecule has 2 aliphatic heterocycles. The molecule has 3 rings (SSSR count). The van der Waals surface area contributed by atoms with E-state index in [-0.39, 0.29) is 12.4 Å². The lowest BCUT2D eigenvalue weighted by atomic mass is 10.1. The van der Waals surface area contributed by atoms with E-state index in [9.17, 15) is 4.79 Å². The number of carboxylic acid groups (broad SMARTS) is 1. The summed E-state index contributed by atoms with van der Waals surface area (Å²) < 4.78 is 10.9. The smallest absolute Gasteiger partial charge is 0.290 e. The van der Waals surface area contributed by atoms with Crippen LogP contribution in [0.5, 0.6) is 5.75 Å². The zero-order valence-electron chi connectivity index (χ0n) is 14.8. The minimum atomic E-state index is -0.250. The summed E-state index contributed by atoms with van der Waals surface area (Å²) in [5.74, 6) is 1.44. The number of nitrogens with zero attached hydrogens (tertiary/aromatic N) is 2. The van der Waals surface area contributed by atoms with Gasteiger partial charge in [0.05, 0.1) is 32.8 Å². The Bertz CT molecular complexity index is 563. The third-order valence-electron chi connectivity index (χ3n) is 4.61. The number of benzene rings is 1. The van der Waals surface area contributed by atoms with E-state index in [1.807, 2.05) is 29.2 Å². The summed E-state index contributed by atoms with van der Waals surface area (Å²) in [5, 5.41) is 6.89. The predicted octanol–water partition coefficient (Wildman–Crippen LogP) is 0.728. The monoisotopic (exact) mass is 350 g/mol. The van der Waals surface area contributed by atoms with Crippen molar-refractivity contribution in [3.05, 3.63) is 29.8 Å². The molecular formula is C18H26N2O5. The molecular weight excluding hydrogens is 324 g/mol. The van der Waals surface area contributed by atoms with Gasteiger partial charge in [0.2, 0.25) is 5.91 Å². The Morgan fingerprint density at radius 1 is 1.28 bits per heavy atom. The Morgan fingerprint density at radius 2 is 1.96 bits per heavy atom. The highest BCUT2D eigenvalue weighted by atomic mass is 16.5. The quantitative estimate of drug-likeness (QED) is 0.810. The molecule has 1 aromatic carbocycles. The average molecular weight is 350 g/mol. The maximum absolute atomic E-state index is 12.6.